The highest BCUT2D eigenvalue weighted by Gasteiger charge is 2.45. The molecule has 1 aromatic carbocycles. The fourth-order valence-electron chi connectivity index (χ4n) is 3.16. The molecule has 0 saturated heterocycles. The number of benzene rings is 1. The Morgan fingerprint density at radius 1 is 0.909 bits per heavy atom. The molecule has 6 heteroatoms. The van der Waals surface area contributed by atoms with Crippen LogP contribution in [-0.4, -0.2) is 0 Å². The lowest BCUT2D eigenvalue weighted by Crippen LogP contribution is -2.68. The van der Waals surface area contributed by atoms with Crippen LogP contribution >= 0.6 is 0 Å². The Morgan fingerprint density at radius 3 is 2.05 bits per heavy atom. The normalized spacial score (nSPS) is 14.7. The third-order valence-electron chi connectivity index (χ3n) is 3.93. The zero-order chi connectivity index (χ0) is 16.7. The molecule has 0 amide bonds. The van der Waals surface area contributed by atoms with Crippen LogP contribution in [0.15, 0.2) is 36.4 Å². The van der Waals surface area contributed by atoms with Crippen molar-refractivity contribution in [3.8, 4) is 5.69 Å². The minimum absolute atomic E-state index is 0.104. The topological polar surface area (TPSA) is 96.1 Å². The van der Waals surface area contributed by atoms with E-state index in [1.807, 2.05) is 0 Å². The summed E-state index contributed by atoms with van der Waals surface area (Å²) in [6.07, 6.45) is 0. The van der Waals surface area contributed by atoms with E-state index in [4.69, 9.17) is 18.6 Å². The van der Waals surface area contributed by atoms with Gasteiger partial charge in [0.25, 0.3) is 0 Å². The lowest BCUT2D eigenvalue weighted by Gasteiger charge is -2.17. The van der Waals surface area contributed by atoms with Gasteiger partial charge in [0.05, 0.1) is 5.41 Å². The molecule has 0 atom stereocenters. The average molecular weight is 324 g/mol. The van der Waals surface area contributed by atoms with Gasteiger partial charge in [-0.3, -0.25) is 0 Å². The van der Waals surface area contributed by atoms with E-state index in [1.165, 1.54) is 28.2 Å². The summed E-state index contributed by atoms with van der Waals surface area (Å²) in [5, 5.41) is 0. The first-order chi connectivity index (χ1) is 10.0. The highest BCUT2D eigenvalue weighted by molar-refractivity contribution is 5.49. The van der Waals surface area contributed by atoms with Crippen molar-refractivity contribution in [3.05, 3.63) is 58.9 Å². The lowest BCUT2D eigenvalue weighted by atomic mass is 9.81. The van der Waals surface area contributed by atoms with Gasteiger partial charge in [-0.15, -0.1) is 10.2 Å². The Morgan fingerprint density at radius 2 is 1.45 bits per heavy atom. The summed E-state index contributed by atoms with van der Waals surface area (Å²) in [5.41, 5.74) is 6.98. The molecule has 22 heavy (non-hydrogen) atoms. The number of halogens is 1. The van der Waals surface area contributed by atoms with Crippen molar-refractivity contribution in [2.45, 2.75) is 33.1 Å². The van der Waals surface area contributed by atoms with Crippen molar-refractivity contribution in [2.75, 3.05) is 0 Å². The standard InChI is InChI=1S/C16H18N.ClHO4/c1-11-9-10-12(2)17-14-8-6-5-7-13(14)16(3,4)15(11)17;2-1(3,4)5/h5-10H,1-4H3;(H,2,3,4,5)/q+1;/p-1. The van der Waals surface area contributed by atoms with Crippen molar-refractivity contribution < 1.29 is 33.4 Å². The predicted octanol–water partition coefficient (Wildman–Crippen LogP) is -1.54. The van der Waals surface area contributed by atoms with Gasteiger partial charge >= 0.3 is 0 Å². The summed E-state index contributed by atoms with van der Waals surface area (Å²) in [4.78, 5) is 0. The second-order valence-electron chi connectivity index (χ2n) is 5.86. The minimum atomic E-state index is -4.94. The van der Waals surface area contributed by atoms with Gasteiger partial charge in [-0.25, -0.2) is 18.6 Å². The Labute approximate surface area is 131 Å². The SMILES string of the molecule is Cc1ccc(C)[n+]2c1C(C)(C)c1ccccc1-2.[O-][Cl+3]([O-])([O-])[O-]. The van der Waals surface area contributed by atoms with Crippen LogP contribution < -0.4 is 23.2 Å². The molecule has 0 aliphatic carbocycles. The molecule has 1 aliphatic rings. The first-order valence-corrected chi connectivity index (χ1v) is 8.01. The van der Waals surface area contributed by atoms with Crippen LogP contribution in [0.4, 0.5) is 0 Å². The number of pyridine rings is 1. The van der Waals surface area contributed by atoms with Gasteiger partial charge in [-0.05, 0) is 26.8 Å². The number of hydrogen-bond acceptors (Lipinski definition) is 4. The van der Waals surface area contributed by atoms with Crippen LogP contribution in [0.25, 0.3) is 5.69 Å². The molecule has 1 aliphatic heterocycles. The van der Waals surface area contributed by atoms with Gasteiger partial charge in [0.15, 0.2) is 5.69 Å². The first-order valence-electron chi connectivity index (χ1n) is 6.78. The van der Waals surface area contributed by atoms with Crippen molar-refractivity contribution in [1.82, 2.24) is 0 Å². The largest absolute Gasteiger partial charge is 0.222 e. The van der Waals surface area contributed by atoms with E-state index < -0.39 is 10.2 Å². The van der Waals surface area contributed by atoms with Crippen LogP contribution in [0.2, 0.25) is 0 Å². The van der Waals surface area contributed by atoms with E-state index in [2.05, 4.69) is 68.7 Å². The summed E-state index contributed by atoms with van der Waals surface area (Å²) in [6, 6.07) is 13.2. The molecule has 5 nitrogen and oxygen atoms in total. The van der Waals surface area contributed by atoms with E-state index in [-0.39, 0.29) is 5.41 Å². The summed E-state index contributed by atoms with van der Waals surface area (Å²) in [7, 11) is -4.94. The van der Waals surface area contributed by atoms with Crippen LogP contribution in [0.5, 0.6) is 0 Å². The smallest absolute Gasteiger partial charge is 0.215 e. The lowest BCUT2D eigenvalue weighted by molar-refractivity contribution is -2.00. The van der Waals surface area contributed by atoms with Gasteiger partial charge in [0.2, 0.25) is 11.4 Å². The van der Waals surface area contributed by atoms with Gasteiger partial charge in [0.1, 0.15) is 0 Å². The number of aryl methyl sites for hydroxylation is 2. The molecule has 3 rings (SSSR count). The van der Waals surface area contributed by atoms with Crippen molar-refractivity contribution in [3.63, 3.8) is 0 Å². The fourth-order valence-corrected chi connectivity index (χ4v) is 3.16. The van der Waals surface area contributed by atoms with Crippen molar-refractivity contribution >= 4 is 0 Å². The number of para-hydroxylation sites is 1. The molecule has 0 N–H and O–H groups in total. The number of hydrogen-bond donors (Lipinski definition) is 0. The highest BCUT2D eigenvalue weighted by atomic mass is 35.7. The Hall–Kier alpha value is -1.50. The van der Waals surface area contributed by atoms with Crippen LogP contribution in [0, 0.1) is 24.1 Å². The zero-order valence-corrected chi connectivity index (χ0v) is 13.7. The molecule has 2 aromatic rings. The van der Waals surface area contributed by atoms with E-state index in [1.54, 1.807) is 0 Å². The number of fused-ring (bicyclic) bond motifs is 3. The zero-order valence-electron chi connectivity index (χ0n) is 12.9. The third kappa shape index (κ3) is 3.14. The van der Waals surface area contributed by atoms with Gasteiger partial charge < -0.3 is 0 Å². The van der Waals surface area contributed by atoms with Crippen molar-refractivity contribution in [1.29, 1.82) is 0 Å². The molecule has 0 bridgehead atoms. The first kappa shape index (κ1) is 16.9. The second-order valence-corrected chi connectivity index (χ2v) is 6.62. The van der Waals surface area contributed by atoms with Gasteiger partial charge in [0, 0.05) is 30.2 Å². The van der Waals surface area contributed by atoms with Crippen LogP contribution in [-0.2, 0) is 5.41 Å². The highest BCUT2D eigenvalue weighted by Crippen LogP contribution is 2.39. The Balaban J connectivity index is 0.000000309. The monoisotopic (exact) mass is 323 g/mol. The maximum Gasteiger partial charge on any atom is 0.215 e. The fraction of sp³-hybridized carbons (Fsp3) is 0.312. The molecule has 0 spiro atoms. The number of aromatic nitrogens is 1. The van der Waals surface area contributed by atoms with E-state index >= 15 is 0 Å². The van der Waals surface area contributed by atoms with E-state index in [0.29, 0.717) is 0 Å². The number of rotatable bonds is 0. The van der Waals surface area contributed by atoms with E-state index in [0.717, 1.165) is 0 Å². The summed E-state index contributed by atoms with van der Waals surface area (Å²) >= 11 is 0. The molecule has 2 heterocycles. The predicted molar refractivity (Wildman–Crippen MR) is 69.6 cm³/mol. The average Bonchev–Trinajstić information content (AvgIpc) is 2.63. The van der Waals surface area contributed by atoms with E-state index in [9.17, 15) is 0 Å². The molecule has 1 aromatic heterocycles. The summed E-state index contributed by atoms with van der Waals surface area (Å²) in [5.74, 6) is 0. The van der Waals surface area contributed by atoms with Crippen molar-refractivity contribution in [2.24, 2.45) is 0 Å². The molecule has 0 unspecified atom stereocenters. The Bertz CT molecular complexity index is 702. The molecule has 0 saturated carbocycles. The Kier molecular flexibility index (Phi) is 4.30. The van der Waals surface area contributed by atoms with Crippen LogP contribution in [0.3, 0.4) is 0 Å². The second kappa shape index (κ2) is 5.61. The number of nitrogens with zero attached hydrogens (tertiary/aromatic N) is 1. The molecular formula is C16H18ClNO4. The summed E-state index contributed by atoms with van der Waals surface area (Å²) < 4.78 is 36.4. The third-order valence-corrected chi connectivity index (χ3v) is 3.93. The quantitative estimate of drug-likeness (QED) is 0.549. The molecule has 0 fully saturated rings. The van der Waals surface area contributed by atoms with Gasteiger partial charge in [-0.2, -0.15) is 4.57 Å². The maximum atomic E-state index is 8.49. The summed E-state index contributed by atoms with van der Waals surface area (Å²) in [6.45, 7) is 9.02. The minimum Gasteiger partial charge on any atom is -0.222 e. The maximum absolute atomic E-state index is 8.49. The van der Waals surface area contributed by atoms with Crippen LogP contribution in [0.1, 0.15) is 36.4 Å². The van der Waals surface area contributed by atoms with Gasteiger partial charge in [-0.1, -0.05) is 18.2 Å². The molecular weight excluding hydrogens is 306 g/mol. The molecule has 118 valence electrons. The molecule has 0 radical (unpaired) electrons.